The number of hydrogen-bond acceptors (Lipinski definition) is 5. The van der Waals surface area contributed by atoms with E-state index in [0.29, 0.717) is 16.4 Å². The van der Waals surface area contributed by atoms with Gasteiger partial charge in [0.1, 0.15) is 4.32 Å². The predicted octanol–water partition coefficient (Wildman–Crippen LogP) is 3.18. The van der Waals surface area contributed by atoms with Crippen LogP contribution < -0.4 is 5.11 Å². The second kappa shape index (κ2) is 8.65. The van der Waals surface area contributed by atoms with E-state index in [0.717, 1.165) is 22.2 Å². The Morgan fingerprint density at radius 1 is 1.40 bits per heavy atom. The molecule has 2 atom stereocenters. The third-order valence-electron chi connectivity index (χ3n) is 3.90. The first-order valence-electron chi connectivity index (χ1n) is 7.75. The largest absolute Gasteiger partial charge is 0.548 e. The molecule has 0 unspecified atom stereocenters. The highest BCUT2D eigenvalue weighted by atomic mass is 35.5. The number of aliphatic carboxylic acids is 1. The van der Waals surface area contributed by atoms with Gasteiger partial charge in [0.05, 0.1) is 16.9 Å². The van der Waals surface area contributed by atoms with Crippen LogP contribution in [0, 0.1) is 5.92 Å². The first kappa shape index (κ1) is 19.7. The van der Waals surface area contributed by atoms with Gasteiger partial charge in [-0.2, -0.15) is 0 Å². The summed E-state index contributed by atoms with van der Waals surface area (Å²) in [6.07, 6.45) is 3.82. The Bertz CT molecular complexity index is 746. The first-order chi connectivity index (χ1) is 11.8. The molecular formula is C18H17ClNO3S2-. The van der Waals surface area contributed by atoms with Crippen LogP contribution in [0.25, 0.3) is 6.08 Å². The van der Waals surface area contributed by atoms with Gasteiger partial charge in [0.25, 0.3) is 5.91 Å². The van der Waals surface area contributed by atoms with Gasteiger partial charge in [-0.1, -0.05) is 86.2 Å². The number of carbonyl (C=O) groups excluding carboxylic acids is 2. The monoisotopic (exact) mass is 394 g/mol. The van der Waals surface area contributed by atoms with Crippen LogP contribution >= 0.6 is 35.6 Å². The minimum Gasteiger partial charge on any atom is -0.548 e. The number of thiocarbonyl (C=S) groups is 1. The fourth-order valence-electron chi connectivity index (χ4n) is 2.41. The molecule has 7 heteroatoms. The van der Waals surface area contributed by atoms with E-state index in [-0.39, 0.29) is 10.2 Å². The highest BCUT2D eigenvalue weighted by molar-refractivity contribution is 8.26. The van der Waals surface area contributed by atoms with Crippen molar-refractivity contribution in [2.45, 2.75) is 26.3 Å². The summed E-state index contributed by atoms with van der Waals surface area (Å²) in [5.74, 6) is -2.04. The van der Waals surface area contributed by atoms with Crippen LogP contribution in [0.15, 0.2) is 46.3 Å². The maximum Gasteiger partial charge on any atom is 0.266 e. The minimum atomic E-state index is -1.31. The molecule has 1 fully saturated rings. The quantitative estimate of drug-likeness (QED) is 0.547. The van der Waals surface area contributed by atoms with Crippen molar-refractivity contribution in [1.29, 1.82) is 0 Å². The lowest BCUT2D eigenvalue weighted by molar-refractivity contribution is -0.311. The van der Waals surface area contributed by atoms with Crippen LogP contribution in [-0.2, 0) is 9.59 Å². The maximum absolute atomic E-state index is 12.6. The van der Waals surface area contributed by atoms with E-state index < -0.39 is 17.9 Å². The summed E-state index contributed by atoms with van der Waals surface area (Å²) >= 11 is 12.5. The lowest BCUT2D eigenvalue weighted by Crippen LogP contribution is -2.53. The summed E-state index contributed by atoms with van der Waals surface area (Å²) in [6.45, 7) is 3.61. The molecule has 1 heterocycles. The Morgan fingerprint density at radius 3 is 2.60 bits per heavy atom. The molecule has 0 spiro atoms. The van der Waals surface area contributed by atoms with Crippen LogP contribution in [-0.4, -0.2) is 27.1 Å². The van der Waals surface area contributed by atoms with E-state index in [1.54, 1.807) is 13.0 Å². The van der Waals surface area contributed by atoms with Crippen molar-refractivity contribution in [2.24, 2.45) is 5.92 Å². The molecule has 132 valence electrons. The third kappa shape index (κ3) is 4.71. The molecule has 4 nitrogen and oxygen atoms in total. The molecule has 0 aliphatic carbocycles. The molecule has 0 N–H and O–H groups in total. The summed E-state index contributed by atoms with van der Waals surface area (Å²) in [6, 6.07) is 8.34. The zero-order valence-corrected chi connectivity index (χ0v) is 16.2. The normalized spacial score (nSPS) is 19.4. The van der Waals surface area contributed by atoms with Crippen LogP contribution in [0.1, 0.15) is 25.8 Å². The number of carboxylic acid groups (broad SMARTS) is 1. The molecule has 2 rings (SSSR count). The number of carboxylic acids is 1. The van der Waals surface area contributed by atoms with Crippen molar-refractivity contribution in [2.75, 3.05) is 0 Å². The Balaban J connectivity index is 2.28. The number of benzene rings is 1. The molecule has 1 aromatic rings. The van der Waals surface area contributed by atoms with Crippen molar-refractivity contribution >= 4 is 57.9 Å². The summed E-state index contributed by atoms with van der Waals surface area (Å²) in [4.78, 5) is 25.6. The van der Waals surface area contributed by atoms with E-state index in [1.165, 1.54) is 6.08 Å². The summed E-state index contributed by atoms with van der Waals surface area (Å²) < 4.78 is 0.204. The zero-order valence-electron chi connectivity index (χ0n) is 13.8. The van der Waals surface area contributed by atoms with Crippen molar-refractivity contribution < 1.29 is 14.7 Å². The molecule has 0 radical (unpaired) electrons. The van der Waals surface area contributed by atoms with Gasteiger partial charge < -0.3 is 9.90 Å². The Labute approximate surface area is 161 Å². The molecule has 1 saturated heterocycles. The predicted molar refractivity (Wildman–Crippen MR) is 104 cm³/mol. The minimum absolute atomic E-state index is 0.204. The smallest absolute Gasteiger partial charge is 0.266 e. The second-order valence-corrected chi connectivity index (χ2v) is 7.75. The van der Waals surface area contributed by atoms with Crippen LogP contribution in [0.2, 0.25) is 0 Å². The van der Waals surface area contributed by atoms with Crippen molar-refractivity contribution in [3.63, 3.8) is 0 Å². The number of rotatable bonds is 6. The highest BCUT2D eigenvalue weighted by Crippen LogP contribution is 2.35. The van der Waals surface area contributed by atoms with Gasteiger partial charge in [-0.15, -0.1) is 0 Å². The second-order valence-electron chi connectivity index (χ2n) is 5.64. The van der Waals surface area contributed by atoms with Gasteiger partial charge in [-0.3, -0.25) is 9.69 Å². The fourth-order valence-corrected chi connectivity index (χ4v) is 4.03. The number of carbonyl (C=O) groups is 2. The number of nitrogens with zero attached hydrogens (tertiary/aromatic N) is 1. The Kier molecular flexibility index (Phi) is 6.81. The van der Waals surface area contributed by atoms with Gasteiger partial charge >= 0.3 is 0 Å². The number of thioether (sulfide) groups is 1. The Hall–Kier alpha value is -1.63. The molecule has 1 aromatic carbocycles. The summed E-state index contributed by atoms with van der Waals surface area (Å²) in [5.41, 5.74) is 0.895. The fraction of sp³-hybridized carbons (Fsp3) is 0.278. The van der Waals surface area contributed by atoms with E-state index in [4.69, 9.17) is 23.8 Å². The first-order valence-corrected chi connectivity index (χ1v) is 9.35. The molecule has 25 heavy (non-hydrogen) atoms. The van der Waals surface area contributed by atoms with Crippen LogP contribution in [0.4, 0.5) is 0 Å². The van der Waals surface area contributed by atoms with Gasteiger partial charge in [0.2, 0.25) is 0 Å². The average Bonchev–Trinajstić information content (AvgIpc) is 2.83. The number of halogens is 1. The molecule has 1 amide bonds. The van der Waals surface area contributed by atoms with Gasteiger partial charge in [0, 0.05) is 5.03 Å². The highest BCUT2D eigenvalue weighted by Gasteiger charge is 2.39. The number of allylic oxidation sites excluding steroid dienone is 2. The Morgan fingerprint density at radius 2 is 2.04 bits per heavy atom. The van der Waals surface area contributed by atoms with Crippen molar-refractivity contribution in [3.05, 3.63) is 51.9 Å². The average molecular weight is 395 g/mol. The molecule has 0 aromatic heterocycles. The number of amides is 1. The van der Waals surface area contributed by atoms with E-state index in [9.17, 15) is 14.7 Å². The SMILES string of the molecule is CC[C@H](C)[C@@H](C(=O)[O-])N1C(=O)/C(=C/C(Cl)=C/c2ccccc2)SC1=S. The summed E-state index contributed by atoms with van der Waals surface area (Å²) in [7, 11) is 0. The molecule has 1 aliphatic rings. The van der Waals surface area contributed by atoms with Gasteiger partial charge in [0.15, 0.2) is 0 Å². The molecular weight excluding hydrogens is 378 g/mol. The summed E-state index contributed by atoms with van der Waals surface area (Å²) in [5, 5.41) is 11.9. The lowest BCUT2D eigenvalue weighted by atomic mass is 9.98. The third-order valence-corrected chi connectivity index (χ3v) is 5.45. The van der Waals surface area contributed by atoms with Crippen LogP contribution in [0.5, 0.6) is 0 Å². The van der Waals surface area contributed by atoms with E-state index in [1.807, 2.05) is 37.3 Å². The van der Waals surface area contributed by atoms with E-state index >= 15 is 0 Å². The number of hydrogen-bond donors (Lipinski definition) is 0. The maximum atomic E-state index is 12.6. The standard InChI is InChI=1S/C18H18ClNO3S2/c1-3-11(2)15(17(22)23)20-16(21)14(25-18(20)24)10-13(19)9-12-7-5-4-6-8-12/h4-11,15H,3H2,1-2H3,(H,22,23)/p-1/b13-9-,14-10-/t11-,15-/m0/s1. The van der Waals surface area contributed by atoms with Crippen molar-refractivity contribution in [3.8, 4) is 0 Å². The lowest BCUT2D eigenvalue weighted by Gasteiger charge is -2.32. The molecule has 0 saturated carbocycles. The molecule has 0 bridgehead atoms. The van der Waals surface area contributed by atoms with Crippen molar-refractivity contribution in [1.82, 2.24) is 4.90 Å². The van der Waals surface area contributed by atoms with Crippen LogP contribution in [0.3, 0.4) is 0 Å². The molecule has 1 aliphatic heterocycles. The van der Waals surface area contributed by atoms with Gasteiger partial charge in [-0.05, 0) is 23.6 Å². The zero-order chi connectivity index (χ0) is 18.6. The van der Waals surface area contributed by atoms with E-state index in [2.05, 4.69) is 0 Å². The van der Waals surface area contributed by atoms with Gasteiger partial charge in [-0.25, -0.2) is 0 Å². The topological polar surface area (TPSA) is 60.4 Å².